The summed E-state index contributed by atoms with van der Waals surface area (Å²) in [6, 6.07) is 15.9. The van der Waals surface area contributed by atoms with E-state index in [-0.39, 0.29) is 0 Å². The molecular formula is C13H12ClNO. The van der Waals surface area contributed by atoms with E-state index in [1.165, 1.54) is 0 Å². The Morgan fingerprint density at radius 3 is 2.44 bits per heavy atom. The Kier molecular flexibility index (Phi) is 3.57. The lowest BCUT2D eigenvalue weighted by Crippen LogP contribution is -1.99. The van der Waals surface area contributed by atoms with Gasteiger partial charge in [-0.05, 0) is 28.8 Å². The van der Waals surface area contributed by atoms with Gasteiger partial charge in [0.15, 0.2) is 0 Å². The van der Waals surface area contributed by atoms with E-state index in [2.05, 4.69) is 17.0 Å². The first-order valence-electron chi connectivity index (χ1n) is 4.97. The quantitative estimate of drug-likeness (QED) is 0.825. The van der Waals surface area contributed by atoms with Crippen LogP contribution in [0.2, 0.25) is 5.02 Å². The molecule has 0 saturated carbocycles. The summed E-state index contributed by atoms with van der Waals surface area (Å²) in [5.41, 5.74) is 3.15. The summed E-state index contributed by atoms with van der Waals surface area (Å²) in [5.74, 6) is 5.06. The van der Waals surface area contributed by atoms with E-state index in [1.54, 1.807) is 0 Å². The van der Waals surface area contributed by atoms with Crippen molar-refractivity contribution in [2.75, 3.05) is 0 Å². The molecule has 0 spiro atoms. The van der Waals surface area contributed by atoms with Gasteiger partial charge in [-0.25, -0.2) is 5.90 Å². The molecular weight excluding hydrogens is 222 g/mol. The zero-order chi connectivity index (χ0) is 11.4. The average Bonchev–Trinajstić information content (AvgIpc) is 2.33. The Morgan fingerprint density at radius 2 is 1.75 bits per heavy atom. The third-order valence-electron chi connectivity index (χ3n) is 2.39. The van der Waals surface area contributed by atoms with Crippen LogP contribution in [0.25, 0.3) is 11.1 Å². The smallest absolute Gasteiger partial charge is 0.0944 e. The molecule has 0 saturated heterocycles. The van der Waals surface area contributed by atoms with Crippen molar-refractivity contribution >= 4 is 11.6 Å². The minimum Gasteiger partial charge on any atom is -0.300 e. The van der Waals surface area contributed by atoms with Gasteiger partial charge in [0.25, 0.3) is 0 Å². The number of halogens is 1. The van der Waals surface area contributed by atoms with Crippen LogP contribution < -0.4 is 5.90 Å². The molecule has 2 aromatic rings. The van der Waals surface area contributed by atoms with Gasteiger partial charge in [-0.15, -0.1) is 0 Å². The molecule has 0 aliphatic carbocycles. The molecule has 2 aromatic carbocycles. The van der Waals surface area contributed by atoms with Gasteiger partial charge in [-0.2, -0.15) is 0 Å². The van der Waals surface area contributed by atoms with Gasteiger partial charge in [0.2, 0.25) is 0 Å². The summed E-state index contributed by atoms with van der Waals surface area (Å²) < 4.78 is 0. The second kappa shape index (κ2) is 5.12. The van der Waals surface area contributed by atoms with Gasteiger partial charge in [0, 0.05) is 5.02 Å². The lowest BCUT2D eigenvalue weighted by molar-refractivity contribution is 0.124. The predicted molar refractivity (Wildman–Crippen MR) is 65.9 cm³/mol. The second-order valence-electron chi connectivity index (χ2n) is 3.48. The van der Waals surface area contributed by atoms with Crippen molar-refractivity contribution in [3.8, 4) is 11.1 Å². The van der Waals surface area contributed by atoms with Crippen molar-refractivity contribution in [3.05, 3.63) is 59.1 Å². The summed E-state index contributed by atoms with van der Waals surface area (Å²) in [5, 5.41) is 0.671. The lowest BCUT2D eigenvalue weighted by atomic mass is 10.0. The standard InChI is InChI=1S/C13H12ClNO/c14-13-7-6-11(8-12(13)9-16-15)10-4-2-1-3-5-10/h1-8H,9,15H2. The molecule has 0 heterocycles. The summed E-state index contributed by atoms with van der Waals surface area (Å²) in [7, 11) is 0. The van der Waals surface area contributed by atoms with Crippen LogP contribution in [0.1, 0.15) is 5.56 Å². The Morgan fingerprint density at radius 1 is 1.00 bits per heavy atom. The van der Waals surface area contributed by atoms with E-state index in [0.29, 0.717) is 11.6 Å². The minimum atomic E-state index is 0.319. The lowest BCUT2D eigenvalue weighted by Gasteiger charge is -2.06. The summed E-state index contributed by atoms with van der Waals surface area (Å²) in [6.45, 7) is 0.319. The van der Waals surface area contributed by atoms with Crippen LogP contribution in [0.15, 0.2) is 48.5 Å². The molecule has 16 heavy (non-hydrogen) atoms. The Labute approximate surface area is 99.6 Å². The van der Waals surface area contributed by atoms with E-state index in [0.717, 1.165) is 16.7 Å². The maximum Gasteiger partial charge on any atom is 0.0944 e. The number of nitrogens with two attached hydrogens (primary N) is 1. The molecule has 0 fully saturated rings. The fourth-order valence-corrected chi connectivity index (χ4v) is 1.76. The van der Waals surface area contributed by atoms with Crippen molar-refractivity contribution in [2.24, 2.45) is 5.90 Å². The van der Waals surface area contributed by atoms with Crippen molar-refractivity contribution in [2.45, 2.75) is 6.61 Å². The third-order valence-corrected chi connectivity index (χ3v) is 2.76. The largest absolute Gasteiger partial charge is 0.300 e. The van der Waals surface area contributed by atoms with Gasteiger partial charge >= 0.3 is 0 Å². The monoisotopic (exact) mass is 233 g/mol. The first-order valence-corrected chi connectivity index (χ1v) is 5.34. The Balaban J connectivity index is 2.40. The zero-order valence-corrected chi connectivity index (χ0v) is 9.45. The van der Waals surface area contributed by atoms with E-state index >= 15 is 0 Å². The maximum atomic E-state index is 6.03. The fraction of sp³-hybridized carbons (Fsp3) is 0.0769. The molecule has 0 atom stereocenters. The molecule has 2 nitrogen and oxygen atoms in total. The van der Waals surface area contributed by atoms with Crippen LogP contribution in [0.5, 0.6) is 0 Å². The highest BCUT2D eigenvalue weighted by molar-refractivity contribution is 6.31. The minimum absolute atomic E-state index is 0.319. The molecule has 0 amide bonds. The molecule has 0 bridgehead atoms. The predicted octanol–water partition coefficient (Wildman–Crippen LogP) is 3.40. The van der Waals surface area contributed by atoms with Crippen LogP contribution >= 0.6 is 11.6 Å². The third kappa shape index (κ3) is 2.42. The average molecular weight is 234 g/mol. The molecule has 3 heteroatoms. The summed E-state index contributed by atoms with van der Waals surface area (Å²) in [6.07, 6.45) is 0. The van der Waals surface area contributed by atoms with E-state index < -0.39 is 0 Å². The Bertz CT molecular complexity index is 471. The van der Waals surface area contributed by atoms with Crippen molar-refractivity contribution < 1.29 is 4.84 Å². The molecule has 0 unspecified atom stereocenters. The van der Waals surface area contributed by atoms with E-state index in [9.17, 15) is 0 Å². The zero-order valence-electron chi connectivity index (χ0n) is 8.69. The van der Waals surface area contributed by atoms with E-state index in [1.807, 2.05) is 36.4 Å². The maximum absolute atomic E-state index is 6.03. The molecule has 0 aliphatic rings. The van der Waals surface area contributed by atoms with Crippen molar-refractivity contribution in [1.82, 2.24) is 0 Å². The molecule has 0 aromatic heterocycles. The highest BCUT2D eigenvalue weighted by atomic mass is 35.5. The van der Waals surface area contributed by atoms with E-state index in [4.69, 9.17) is 17.5 Å². The number of benzene rings is 2. The number of rotatable bonds is 3. The highest BCUT2D eigenvalue weighted by Crippen LogP contribution is 2.25. The molecule has 82 valence electrons. The SMILES string of the molecule is NOCc1cc(-c2ccccc2)ccc1Cl. The second-order valence-corrected chi connectivity index (χ2v) is 3.89. The van der Waals surface area contributed by atoms with Gasteiger partial charge in [-0.1, -0.05) is 48.0 Å². The van der Waals surface area contributed by atoms with Crippen LogP contribution in [-0.4, -0.2) is 0 Å². The Hall–Kier alpha value is -1.35. The van der Waals surface area contributed by atoms with Gasteiger partial charge in [0.05, 0.1) is 6.61 Å². The van der Waals surface area contributed by atoms with Crippen molar-refractivity contribution in [3.63, 3.8) is 0 Å². The van der Waals surface area contributed by atoms with Crippen LogP contribution in [0.4, 0.5) is 0 Å². The fourth-order valence-electron chi connectivity index (χ4n) is 1.59. The van der Waals surface area contributed by atoms with Crippen LogP contribution in [-0.2, 0) is 11.4 Å². The number of hydrogen-bond acceptors (Lipinski definition) is 2. The van der Waals surface area contributed by atoms with Crippen LogP contribution in [0.3, 0.4) is 0 Å². The van der Waals surface area contributed by atoms with Crippen LogP contribution in [0, 0.1) is 0 Å². The molecule has 0 radical (unpaired) electrons. The van der Waals surface area contributed by atoms with Gasteiger partial charge in [0.1, 0.15) is 0 Å². The topological polar surface area (TPSA) is 35.2 Å². The number of hydrogen-bond donors (Lipinski definition) is 1. The van der Waals surface area contributed by atoms with Gasteiger partial charge in [-0.3, -0.25) is 4.84 Å². The normalized spacial score (nSPS) is 10.4. The van der Waals surface area contributed by atoms with Crippen molar-refractivity contribution in [1.29, 1.82) is 0 Å². The summed E-state index contributed by atoms with van der Waals surface area (Å²) >= 11 is 6.03. The molecule has 2 rings (SSSR count). The highest BCUT2D eigenvalue weighted by Gasteiger charge is 2.03. The molecule has 2 N–H and O–H groups in total. The molecule has 0 aliphatic heterocycles. The first-order chi connectivity index (χ1) is 7.81. The van der Waals surface area contributed by atoms with Gasteiger partial charge < -0.3 is 0 Å². The first kappa shape index (κ1) is 11.1. The summed E-state index contributed by atoms with van der Waals surface area (Å²) in [4.78, 5) is 4.62.